The lowest BCUT2D eigenvalue weighted by Gasteiger charge is -2.27. The van der Waals surface area contributed by atoms with E-state index in [1.54, 1.807) is 24.3 Å². The summed E-state index contributed by atoms with van der Waals surface area (Å²) in [4.78, 5) is 17.2. The van der Waals surface area contributed by atoms with Crippen LogP contribution in [0.1, 0.15) is 40.8 Å². The van der Waals surface area contributed by atoms with Crippen molar-refractivity contribution in [1.82, 2.24) is 4.98 Å². The highest BCUT2D eigenvalue weighted by atomic mass is 16.3. The van der Waals surface area contributed by atoms with Crippen LogP contribution in [0, 0.1) is 13.8 Å². The van der Waals surface area contributed by atoms with E-state index in [1.165, 1.54) is 6.92 Å². The van der Waals surface area contributed by atoms with Gasteiger partial charge >= 0.3 is 0 Å². The fourth-order valence-corrected chi connectivity index (χ4v) is 4.35. The lowest BCUT2D eigenvalue weighted by molar-refractivity contribution is -0.132. The minimum absolute atomic E-state index is 0.122. The lowest BCUT2D eigenvalue weighted by Crippen LogP contribution is -2.35. The molecule has 162 valence electrons. The number of Topliss-reactive ketones (excluding diaryl/α,β-unsaturated/α-hetero) is 1. The maximum atomic E-state index is 13.7. The first-order chi connectivity index (χ1) is 15.3. The van der Waals surface area contributed by atoms with Crippen molar-refractivity contribution in [2.75, 3.05) is 0 Å². The number of aliphatic hydroxyl groups is 2. The molecule has 4 heteroatoms. The number of hydrogen-bond acceptors (Lipinski definition) is 3. The fraction of sp³-hybridized carbons (Fsp3) is 0.179. The Morgan fingerprint density at radius 3 is 2.22 bits per heavy atom. The van der Waals surface area contributed by atoms with E-state index in [0.29, 0.717) is 5.56 Å². The maximum absolute atomic E-state index is 13.7. The van der Waals surface area contributed by atoms with E-state index >= 15 is 0 Å². The van der Waals surface area contributed by atoms with Crippen molar-refractivity contribution in [3.8, 4) is 0 Å². The minimum Gasteiger partial charge on any atom is -0.515 e. The Hall–Kier alpha value is -3.63. The number of H-pyrrole nitrogens is 1. The molecule has 1 unspecified atom stereocenters. The fourth-order valence-electron chi connectivity index (χ4n) is 4.35. The second-order valence-corrected chi connectivity index (χ2v) is 8.41. The van der Waals surface area contributed by atoms with Crippen LogP contribution in [0.4, 0.5) is 0 Å². The first kappa shape index (κ1) is 21.6. The molecule has 0 amide bonds. The molecule has 1 aromatic heterocycles. The van der Waals surface area contributed by atoms with Crippen molar-refractivity contribution < 1.29 is 15.0 Å². The molecule has 1 heterocycles. The number of rotatable bonds is 6. The third-order valence-electron chi connectivity index (χ3n) is 6.16. The topological polar surface area (TPSA) is 73.3 Å². The summed E-state index contributed by atoms with van der Waals surface area (Å²) in [5.74, 6) is -1.12. The molecule has 4 aromatic rings. The Bertz CT molecular complexity index is 1280. The van der Waals surface area contributed by atoms with Gasteiger partial charge in [0.15, 0.2) is 5.78 Å². The number of nitrogens with one attached hydrogen (secondary N) is 1. The van der Waals surface area contributed by atoms with Gasteiger partial charge in [0.25, 0.3) is 0 Å². The number of aromatic nitrogens is 1. The quantitative estimate of drug-likeness (QED) is 0.269. The Balaban J connectivity index is 1.89. The Kier molecular flexibility index (Phi) is 5.72. The van der Waals surface area contributed by atoms with Gasteiger partial charge in [-0.1, -0.05) is 72.8 Å². The summed E-state index contributed by atoms with van der Waals surface area (Å²) >= 11 is 0. The van der Waals surface area contributed by atoms with Crippen molar-refractivity contribution in [2.45, 2.75) is 32.3 Å². The molecule has 0 spiro atoms. The van der Waals surface area contributed by atoms with Crippen molar-refractivity contribution in [3.05, 3.63) is 119 Å². The smallest absolute Gasteiger partial charge is 0.198 e. The van der Waals surface area contributed by atoms with Crippen LogP contribution in [-0.4, -0.2) is 21.0 Å². The molecule has 3 aromatic carbocycles. The predicted molar refractivity (Wildman–Crippen MR) is 128 cm³/mol. The number of fused-ring (bicyclic) bond motifs is 1. The molecule has 0 aliphatic rings. The van der Waals surface area contributed by atoms with Crippen LogP contribution in [0.15, 0.2) is 90.7 Å². The van der Waals surface area contributed by atoms with Crippen LogP contribution in [0.25, 0.3) is 10.9 Å². The van der Waals surface area contributed by atoms with Gasteiger partial charge < -0.3 is 15.2 Å². The average molecular weight is 426 g/mol. The zero-order valence-electron chi connectivity index (χ0n) is 18.5. The van der Waals surface area contributed by atoms with Crippen molar-refractivity contribution in [3.63, 3.8) is 0 Å². The number of aliphatic hydroxyl groups excluding tert-OH is 1. The van der Waals surface area contributed by atoms with Crippen LogP contribution in [0.3, 0.4) is 0 Å². The van der Waals surface area contributed by atoms with Gasteiger partial charge in [0.1, 0.15) is 5.60 Å². The molecule has 0 fully saturated rings. The second kappa shape index (κ2) is 8.48. The highest BCUT2D eigenvalue weighted by Crippen LogP contribution is 2.39. The number of carbonyl (C=O) groups is 1. The molecule has 0 aliphatic heterocycles. The zero-order valence-corrected chi connectivity index (χ0v) is 18.5. The van der Waals surface area contributed by atoms with Crippen LogP contribution in [-0.2, 0) is 10.4 Å². The van der Waals surface area contributed by atoms with Crippen molar-refractivity contribution >= 4 is 16.7 Å². The summed E-state index contributed by atoms with van der Waals surface area (Å²) in [6, 6.07) is 24.5. The standard InChI is InChI=1S/C28H27NO3/c1-18-14-15-22-19(2)26(29-24(22)16-18)25(20-10-6-4-7-11-20)23(17-30)27(31)28(3,32)21-12-8-5-9-13-21/h4-17,25,29-30,32H,1-3H3/t25?,28-/m1/s1. The highest BCUT2D eigenvalue weighted by molar-refractivity contribution is 6.04. The number of ketones is 1. The summed E-state index contributed by atoms with van der Waals surface area (Å²) in [5, 5.41) is 22.6. The second-order valence-electron chi connectivity index (χ2n) is 8.41. The third kappa shape index (κ3) is 3.74. The number of benzene rings is 3. The van der Waals surface area contributed by atoms with Crippen LogP contribution in [0.5, 0.6) is 0 Å². The Morgan fingerprint density at radius 1 is 0.969 bits per heavy atom. The van der Waals surface area contributed by atoms with Gasteiger partial charge in [-0.2, -0.15) is 0 Å². The first-order valence-corrected chi connectivity index (χ1v) is 10.7. The molecule has 0 radical (unpaired) electrons. The van der Waals surface area contributed by atoms with Crippen molar-refractivity contribution in [2.24, 2.45) is 0 Å². The molecule has 0 saturated heterocycles. The van der Waals surface area contributed by atoms with E-state index in [0.717, 1.165) is 39.5 Å². The third-order valence-corrected chi connectivity index (χ3v) is 6.16. The van der Waals surface area contributed by atoms with Crippen LogP contribution < -0.4 is 0 Å². The van der Waals surface area contributed by atoms with E-state index < -0.39 is 17.3 Å². The molecule has 4 rings (SSSR count). The van der Waals surface area contributed by atoms with Gasteiger partial charge in [0.2, 0.25) is 0 Å². The molecule has 0 aliphatic carbocycles. The summed E-state index contributed by atoms with van der Waals surface area (Å²) in [5.41, 5.74) is 3.56. The van der Waals surface area contributed by atoms with E-state index in [1.807, 2.05) is 50.2 Å². The van der Waals surface area contributed by atoms with Gasteiger partial charge in [0, 0.05) is 22.2 Å². The molecular formula is C28H27NO3. The molecular weight excluding hydrogens is 398 g/mol. The molecule has 0 saturated carbocycles. The number of aryl methyl sites for hydroxylation is 2. The first-order valence-electron chi connectivity index (χ1n) is 10.7. The SMILES string of the molecule is Cc1ccc2c(C)c(C(C(=CO)C(=O)[C@](C)(O)c3ccccc3)c3ccccc3)[nH]c2c1. The van der Waals surface area contributed by atoms with Gasteiger partial charge in [-0.3, -0.25) is 4.79 Å². The van der Waals surface area contributed by atoms with Crippen LogP contribution >= 0.6 is 0 Å². The van der Waals surface area contributed by atoms with E-state index in [4.69, 9.17) is 0 Å². The number of aromatic amines is 1. The van der Waals surface area contributed by atoms with Gasteiger partial charge in [-0.05, 0) is 49.1 Å². The maximum Gasteiger partial charge on any atom is 0.198 e. The lowest BCUT2D eigenvalue weighted by atomic mass is 9.78. The summed E-state index contributed by atoms with van der Waals surface area (Å²) in [7, 11) is 0. The molecule has 0 bridgehead atoms. The van der Waals surface area contributed by atoms with E-state index in [9.17, 15) is 15.0 Å². The Morgan fingerprint density at radius 2 is 1.59 bits per heavy atom. The van der Waals surface area contributed by atoms with Gasteiger partial charge in [-0.15, -0.1) is 0 Å². The minimum atomic E-state index is -1.79. The van der Waals surface area contributed by atoms with E-state index in [-0.39, 0.29) is 5.57 Å². The average Bonchev–Trinajstić information content (AvgIpc) is 3.13. The zero-order chi connectivity index (χ0) is 22.9. The summed E-state index contributed by atoms with van der Waals surface area (Å²) in [6.07, 6.45) is 0.841. The largest absolute Gasteiger partial charge is 0.515 e. The van der Waals surface area contributed by atoms with Crippen LogP contribution in [0.2, 0.25) is 0 Å². The normalized spacial score (nSPS) is 14.8. The molecule has 2 atom stereocenters. The molecule has 3 N–H and O–H groups in total. The monoisotopic (exact) mass is 425 g/mol. The Labute approximate surface area is 187 Å². The number of carbonyl (C=O) groups excluding carboxylic acids is 1. The molecule has 4 nitrogen and oxygen atoms in total. The highest BCUT2D eigenvalue weighted by Gasteiger charge is 2.39. The van der Waals surface area contributed by atoms with E-state index in [2.05, 4.69) is 23.2 Å². The summed E-state index contributed by atoms with van der Waals surface area (Å²) < 4.78 is 0. The van der Waals surface area contributed by atoms with Gasteiger partial charge in [-0.25, -0.2) is 0 Å². The summed E-state index contributed by atoms with van der Waals surface area (Å²) in [6.45, 7) is 5.51. The predicted octanol–water partition coefficient (Wildman–Crippen LogP) is 5.84. The number of hydrogen-bond donors (Lipinski definition) is 3. The molecule has 32 heavy (non-hydrogen) atoms. The van der Waals surface area contributed by atoms with Gasteiger partial charge in [0.05, 0.1) is 12.2 Å². The van der Waals surface area contributed by atoms with Crippen molar-refractivity contribution in [1.29, 1.82) is 0 Å².